The predicted molar refractivity (Wildman–Crippen MR) is 118 cm³/mol. The van der Waals surface area contributed by atoms with Crippen LogP contribution < -0.4 is 10.6 Å². The van der Waals surface area contributed by atoms with Gasteiger partial charge in [0.2, 0.25) is 0 Å². The molecule has 0 aliphatic carbocycles. The lowest BCUT2D eigenvalue weighted by Gasteiger charge is -2.38. The highest BCUT2D eigenvalue weighted by Crippen LogP contribution is 2.17. The first-order valence-corrected chi connectivity index (χ1v) is 10.4. The zero-order valence-corrected chi connectivity index (χ0v) is 18.3. The summed E-state index contributed by atoms with van der Waals surface area (Å²) in [6.45, 7) is 12.7. The third-order valence-electron chi connectivity index (χ3n) is 5.45. The van der Waals surface area contributed by atoms with Gasteiger partial charge in [-0.2, -0.15) is 5.10 Å². The van der Waals surface area contributed by atoms with Crippen molar-refractivity contribution in [2.75, 3.05) is 33.4 Å². The van der Waals surface area contributed by atoms with E-state index in [1.807, 2.05) is 24.7 Å². The first-order valence-electron chi connectivity index (χ1n) is 10.4. The molecule has 0 amide bonds. The van der Waals surface area contributed by atoms with E-state index < -0.39 is 0 Å². The fourth-order valence-electron chi connectivity index (χ4n) is 3.90. The van der Waals surface area contributed by atoms with Crippen LogP contribution in [0.15, 0.2) is 35.3 Å². The normalized spacial score (nSPS) is 19.2. The van der Waals surface area contributed by atoms with Gasteiger partial charge in [0.15, 0.2) is 5.96 Å². The largest absolute Gasteiger partial charge is 0.379 e. The van der Waals surface area contributed by atoms with Gasteiger partial charge in [0.05, 0.1) is 24.6 Å². The van der Waals surface area contributed by atoms with E-state index in [-0.39, 0.29) is 0 Å². The lowest BCUT2D eigenvalue weighted by molar-refractivity contribution is -0.0174. The Morgan fingerprint density at radius 2 is 2.10 bits per heavy atom. The smallest absolute Gasteiger partial charge is 0.191 e. The number of aliphatic imine (C=N–C) groups is 1. The molecule has 1 aromatic carbocycles. The first kappa shape index (κ1) is 21.3. The number of hydrogen-bond acceptors (Lipinski definition) is 4. The molecule has 2 atom stereocenters. The molecule has 1 aliphatic rings. The fraction of sp³-hybridized carbons (Fsp3) is 0.545. The Balaban J connectivity index is 1.59. The van der Waals surface area contributed by atoms with Crippen LogP contribution in [0.3, 0.4) is 0 Å². The molecule has 2 unspecified atom stereocenters. The van der Waals surface area contributed by atoms with Gasteiger partial charge >= 0.3 is 0 Å². The highest BCUT2D eigenvalue weighted by Gasteiger charge is 2.23. The van der Waals surface area contributed by atoms with E-state index in [2.05, 4.69) is 70.7 Å². The number of para-hydroxylation sites is 1. The van der Waals surface area contributed by atoms with E-state index in [0.29, 0.717) is 18.6 Å². The number of hydrogen-bond donors (Lipinski definition) is 2. The Bertz CT molecular complexity index is 830. The number of benzene rings is 1. The zero-order chi connectivity index (χ0) is 20.8. The van der Waals surface area contributed by atoms with Crippen molar-refractivity contribution in [1.29, 1.82) is 0 Å². The van der Waals surface area contributed by atoms with Gasteiger partial charge in [0, 0.05) is 44.5 Å². The predicted octanol–water partition coefficient (Wildman–Crippen LogP) is 2.26. The molecule has 0 radical (unpaired) electrons. The Hall–Kier alpha value is -2.38. The molecule has 0 bridgehead atoms. The molecular formula is C22H34N6O. The van der Waals surface area contributed by atoms with Gasteiger partial charge in [-0.15, -0.1) is 0 Å². The van der Waals surface area contributed by atoms with Crippen LogP contribution in [-0.4, -0.2) is 66.1 Å². The lowest BCUT2D eigenvalue weighted by atomic mass is 10.1. The number of aromatic nitrogens is 2. The van der Waals surface area contributed by atoms with Crippen molar-refractivity contribution in [2.45, 2.75) is 46.3 Å². The zero-order valence-electron chi connectivity index (χ0n) is 18.3. The monoisotopic (exact) mass is 398 g/mol. The first-order chi connectivity index (χ1) is 14.0. The lowest BCUT2D eigenvalue weighted by Crippen LogP contribution is -2.53. The molecule has 1 aliphatic heterocycles. The van der Waals surface area contributed by atoms with E-state index in [4.69, 9.17) is 4.74 Å². The molecule has 2 aromatic rings. The molecule has 1 aromatic heterocycles. The topological polar surface area (TPSA) is 66.7 Å². The molecule has 1 saturated heterocycles. The van der Waals surface area contributed by atoms with Crippen LogP contribution in [0.4, 0.5) is 0 Å². The Morgan fingerprint density at radius 3 is 2.79 bits per heavy atom. The summed E-state index contributed by atoms with van der Waals surface area (Å²) >= 11 is 0. The Morgan fingerprint density at radius 1 is 1.31 bits per heavy atom. The van der Waals surface area contributed by atoms with Crippen molar-refractivity contribution in [3.63, 3.8) is 0 Å². The number of ether oxygens (including phenoxy) is 1. The molecular weight excluding hydrogens is 364 g/mol. The molecule has 1 fully saturated rings. The molecule has 0 spiro atoms. The van der Waals surface area contributed by atoms with Crippen molar-refractivity contribution in [3.05, 3.63) is 47.3 Å². The van der Waals surface area contributed by atoms with E-state index in [1.165, 1.54) is 5.56 Å². The van der Waals surface area contributed by atoms with Crippen molar-refractivity contribution in [2.24, 2.45) is 4.99 Å². The molecule has 3 rings (SSSR count). The summed E-state index contributed by atoms with van der Waals surface area (Å²) in [7, 11) is 1.81. The summed E-state index contributed by atoms with van der Waals surface area (Å²) in [6.07, 6.45) is 0. The second-order valence-electron chi connectivity index (χ2n) is 7.79. The van der Waals surface area contributed by atoms with Crippen molar-refractivity contribution in [3.8, 4) is 5.69 Å². The number of guanidine groups is 1. The average Bonchev–Trinajstić information content (AvgIpc) is 3.06. The quantitative estimate of drug-likeness (QED) is 0.577. The van der Waals surface area contributed by atoms with E-state index in [9.17, 15) is 0 Å². The summed E-state index contributed by atoms with van der Waals surface area (Å²) in [5, 5.41) is 11.5. The van der Waals surface area contributed by atoms with Gasteiger partial charge in [-0.25, -0.2) is 4.68 Å². The second-order valence-corrected chi connectivity index (χ2v) is 7.79. The van der Waals surface area contributed by atoms with Crippen LogP contribution in [0.2, 0.25) is 0 Å². The highest BCUT2D eigenvalue weighted by atomic mass is 16.5. The van der Waals surface area contributed by atoms with Crippen LogP contribution in [0.1, 0.15) is 30.8 Å². The highest BCUT2D eigenvalue weighted by molar-refractivity contribution is 5.79. The maximum atomic E-state index is 5.55. The van der Waals surface area contributed by atoms with Gasteiger partial charge in [-0.3, -0.25) is 9.89 Å². The molecule has 158 valence electrons. The Kier molecular flexibility index (Phi) is 7.28. The summed E-state index contributed by atoms with van der Waals surface area (Å²) in [5.74, 6) is 0.806. The minimum Gasteiger partial charge on any atom is -0.379 e. The van der Waals surface area contributed by atoms with Crippen LogP contribution in [0, 0.1) is 13.8 Å². The van der Waals surface area contributed by atoms with Crippen LogP contribution in [0.25, 0.3) is 5.69 Å². The molecule has 29 heavy (non-hydrogen) atoms. The fourth-order valence-corrected chi connectivity index (χ4v) is 3.90. The maximum Gasteiger partial charge on any atom is 0.191 e. The minimum absolute atomic E-state index is 0.412. The van der Waals surface area contributed by atoms with Gasteiger partial charge in [-0.05, 0) is 45.4 Å². The minimum atomic E-state index is 0.412. The number of rotatable bonds is 6. The van der Waals surface area contributed by atoms with E-state index in [0.717, 1.165) is 49.3 Å². The number of aryl methyl sites for hydroxylation is 2. The Labute approximate surface area is 174 Å². The molecule has 2 heterocycles. The van der Waals surface area contributed by atoms with Gasteiger partial charge in [0.25, 0.3) is 0 Å². The molecule has 7 heteroatoms. The van der Waals surface area contributed by atoms with Gasteiger partial charge in [0.1, 0.15) is 0 Å². The van der Waals surface area contributed by atoms with Crippen molar-refractivity contribution < 1.29 is 4.74 Å². The summed E-state index contributed by atoms with van der Waals surface area (Å²) in [4.78, 5) is 6.88. The number of nitrogens with one attached hydrogen (secondary N) is 2. The third-order valence-corrected chi connectivity index (χ3v) is 5.45. The SMILES string of the molecule is CN=C(NCc1ccccc1-n1nc(C)cc1C)NCC(C)N1CCOCC1C. The number of nitrogens with zero attached hydrogens (tertiary/aromatic N) is 4. The summed E-state index contributed by atoms with van der Waals surface area (Å²) in [5.41, 5.74) is 4.42. The van der Waals surface area contributed by atoms with Crippen LogP contribution in [-0.2, 0) is 11.3 Å². The molecule has 7 nitrogen and oxygen atoms in total. The summed E-state index contributed by atoms with van der Waals surface area (Å²) < 4.78 is 7.55. The van der Waals surface area contributed by atoms with E-state index in [1.54, 1.807) is 0 Å². The van der Waals surface area contributed by atoms with Crippen molar-refractivity contribution in [1.82, 2.24) is 25.3 Å². The average molecular weight is 399 g/mol. The van der Waals surface area contributed by atoms with Crippen LogP contribution in [0.5, 0.6) is 0 Å². The maximum absolute atomic E-state index is 5.55. The molecule has 0 saturated carbocycles. The number of morpholine rings is 1. The van der Waals surface area contributed by atoms with Gasteiger partial charge in [-0.1, -0.05) is 18.2 Å². The van der Waals surface area contributed by atoms with E-state index >= 15 is 0 Å². The molecule has 2 N–H and O–H groups in total. The van der Waals surface area contributed by atoms with Gasteiger partial charge < -0.3 is 15.4 Å². The van der Waals surface area contributed by atoms with Crippen molar-refractivity contribution >= 4 is 5.96 Å². The standard InChI is InChI=1S/C22H34N6O/c1-16-12-17(2)28(26-16)21-9-7-6-8-20(21)14-25-22(23-5)24-13-18(3)27-10-11-29-15-19(27)4/h6-9,12,18-19H,10-11,13-15H2,1-5H3,(H2,23,24,25). The second kappa shape index (κ2) is 9.89. The summed E-state index contributed by atoms with van der Waals surface area (Å²) in [6, 6.07) is 11.3. The van der Waals surface area contributed by atoms with Crippen LogP contribution >= 0.6 is 0 Å². The third kappa shape index (κ3) is 5.36.